The molecule has 158 valence electrons. The summed E-state index contributed by atoms with van der Waals surface area (Å²) in [6.45, 7) is 9.09. The number of nitrogens with zero attached hydrogens (tertiary/aromatic N) is 1. The van der Waals surface area contributed by atoms with Crippen LogP contribution in [0.15, 0.2) is 29.3 Å². The van der Waals surface area contributed by atoms with E-state index in [4.69, 9.17) is 4.99 Å². The first-order valence-corrected chi connectivity index (χ1v) is 12.6. The Morgan fingerprint density at radius 2 is 1.71 bits per heavy atom. The van der Waals surface area contributed by atoms with Crippen LogP contribution in [-0.4, -0.2) is 33.7 Å². The second kappa shape index (κ2) is 10.3. The maximum absolute atomic E-state index is 11.4. The van der Waals surface area contributed by atoms with Crippen molar-refractivity contribution in [2.24, 2.45) is 16.3 Å². The fraction of sp³-hybridized carbons (Fsp3) is 0.682. The normalized spacial score (nSPS) is 17.1. The molecule has 28 heavy (non-hydrogen) atoms. The van der Waals surface area contributed by atoms with Crippen molar-refractivity contribution in [2.45, 2.75) is 65.2 Å². The van der Waals surface area contributed by atoms with E-state index >= 15 is 0 Å². The van der Waals surface area contributed by atoms with Crippen molar-refractivity contribution in [2.75, 3.05) is 19.3 Å². The van der Waals surface area contributed by atoms with Gasteiger partial charge in [-0.25, -0.2) is 13.4 Å². The number of benzene rings is 1. The minimum absolute atomic E-state index is 0.0820. The van der Waals surface area contributed by atoms with Gasteiger partial charge in [0, 0.05) is 19.3 Å². The van der Waals surface area contributed by atoms with E-state index in [2.05, 4.69) is 31.4 Å². The summed E-state index contributed by atoms with van der Waals surface area (Å²) < 4.78 is 22.8. The fourth-order valence-corrected chi connectivity index (χ4v) is 5.07. The summed E-state index contributed by atoms with van der Waals surface area (Å²) in [6.07, 6.45) is 7.81. The molecule has 0 heterocycles. The van der Waals surface area contributed by atoms with E-state index in [1.165, 1.54) is 38.4 Å². The lowest BCUT2D eigenvalue weighted by molar-refractivity contribution is 0.235. The molecule has 0 aromatic heterocycles. The van der Waals surface area contributed by atoms with Crippen LogP contribution in [0.1, 0.15) is 64.0 Å². The predicted molar refractivity (Wildman–Crippen MR) is 118 cm³/mol. The van der Waals surface area contributed by atoms with Crippen molar-refractivity contribution in [1.29, 1.82) is 0 Å². The molecule has 1 aliphatic rings. The van der Waals surface area contributed by atoms with Crippen molar-refractivity contribution in [1.82, 2.24) is 10.6 Å². The van der Waals surface area contributed by atoms with Crippen molar-refractivity contribution >= 4 is 15.8 Å². The van der Waals surface area contributed by atoms with Crippen LogP contribution < -0.4 is 10.6 Å². The zero-order valence-corrected chi connectivity index (χ0v) is 18.7. The summed E-state index contributed by atoms with van der Waals surface area (Å²) in [4.78, 5) is 4.74. The highest BCUT2D eigenvalue weighted by Crippen LogP contribution is 2.42. The van der Waals surface area contributed by atoms with Crippen molar-refractivity contribution < 1.29 is 8.42 Å². The lowest BCUT2D eigenvalue weighted by Crippen LogP contribution is -2.43. The summed E-state index contributed by atoms with van der Waals surface area (Å²) in [7, 11) is -3.00. The Balaban J connectivity index is 1.97. The van der Waals surface area contributed by atoms with Crippen molar-refractivity contribution in [3.8, 4) is 0 Å². The zero-order valence-electron chi connectivity index (χ0n) is 17.9. The Kier molecular flexibility index (Phi) is 8.35. The molecule has 0 spiro atoms. The summed E-state index contributed by atoms with van der Waals surface area (Å²) >= 11 is 0. The number of rotatable bonds is 9. The SMILES string of the molecule is CCNC(=NCc1ccc(CS(C)(=O)=O)cc1)NCC1(CC(C)C)CCCC1. The molecule has 0 aliphatic heterocycles. The van der Waals surface area contributed by atoms with Gasteiger partial charge in [-0.1, -0.05) is 51.0 Å². The van der Waals surface area contributed by atoms with E-state index < -0.39 is 9.84 Å². The average molecular weight is 408 g/mol. The standard InChI is InChI=1S/C22H37N3O2S/c1-5-23-21(25-17-22(14-18(2)3)12-6-7-13-22)24-15-19-8-10-20(11-9-19)16-28(4,26)27/h8-11,18H,5-7,12-17H2,1-4H3,(H2,23,24,25). The summed E-state index contributed by atoms with van der Waals surface area (Å²) in [5.74, 6) is 1.65. The topological polar surface area (TPSA) is 70.6 Å². The van der Waals surface area contributed by atoms with Gasteiger partial charge in [0.2, 0.25) is 0 Å². The van der Waals surface area contributed by atoms with Crippen LogP contribution in [0.4, 0.5) is 0 Å². The highest BCUT2D eigenvalue weighted by Gasteiger charge is 2.34. The van der Waals surface area contributed by atoms with Gasteiger partial charge in [0.25, 0.3) is 0 Å². The number of hydrogen-bond acceptors (Lipinski definition) is 3. The molecule has 5 nitrogen and oxygen atoms in total. The van der Waals surface area contributed by atoms with Crippen molar-refractivity contribution in [3.63, 3.8) is 0 Å². The molecule has 0 radical (unpaired) electrons. The molecular weight excluding hydrogens is 370 g/mol. The number of aliphatic imine (C=N–C) groups is 1. The largest absolute Gasteiger partial charge is 0.357 e. The van der Waals surface area contributed by atoms with E-state index in [0.717, 1.165) is 30.2 Å². The van der Waals surface area contributed by atoms with Crippen LogP contribution >= 0.6 is 0 Å². The molecule has 0 atom stereocenters. The number of hydrogen-bond donors (Lipinski definition) is 2. The second-order valence-electron chi connectivity index (χ2n) is 8.74. The molecule has 0 unspecified atom stereocenters. The van der Waals surface area contributed by atoms with E-state index in [1.807, 2.05) is 24.3 Å². The van der Waals surface area contributed by atoms with Gasteiger partial charge >= 0.3 is 0 Å². The second-order valence-corrected chi connectivity index (χ2v) is 10.9. The highest BCUT2D eigenvalue weighted by molar-refractivity contribution is 7.89. The lowest BCUT2D eigenvalue weighted by Gasteiger charge is -2.32. The van der Waals surface area contributed by atoms with Gasteiger partial charge in [-0.05, 0) is 48.6 Å². The van der Waals surface area contributed by atoms with Crippen LogP contribution in [0.5, 0.6) is 0 Å². The third kappa shape index (κ3) is 7.82. The first-order chi connectivity index (χ1) is 13.2. The Morgan fingerprint density at radius 1 is 1.11 bits per heavy atom. The number of sulfone groups is 1. The minimum atomic E-state index is -3.00. The molecule has 6 heteroatoms. The molecular formula is C22H37N3O2S. The smallest absolute Gasteiger partial charge is 0.191 e. The number of nitrogens with one attached hydrogen (secondary N) is 2. The highest BCUT2D eigenvalue weighted by atomic mass is 32.2. The Morgan fingerprint density at radius 3 is 2.25 bits per heavy atom. The van der Waals surface area contributed by atoms with Crippen LogP contribution in [-0.2, 0) is 22.1 Å². The van der Waals surface area contributed by atoms with Gasteiger partial charge in [-0.2, -0.15) is 0 Å². The molecule has 1 aromatic rings. The average Bonchev–Trinajstić information content (AvgIpc) is 3.05. The lowest BCUT2D eigenvalue weighted by atomic mass is 9.78. The zero-order chi connectivity index (χ0) is 20.6. The Labute approximate surface area is 171 Å². The Bertz CT molecular complexity index is 734. The van der Waals surface area contributed by atoms with Gasteiger partial charge in [0.15, 0.2) is 15.8 Å². The van der Waals surface area contributed by atoms with Crippen LogP contribution in [0.3, 0.4) is 0 Å². The maximum atomic E-state index is 11.4. The summed E-state index contributed by atoms with van der Waals surface area (Å²) in [5, 5.41) is 6.93. The first kappa shape index (κ1) is 22.7. The fourth-order valence-electron chi connectivity index (χ4n) is 4.27. The molecule has 1 saturated carbocycles. The van der Waals surface area contributed by atoms with E-state index in [-0.39, 0.29) is 5.75 Å². The third-order valence-corrected chi connectivity index (χ3v) is 6.21. The first-order valence-electron chi connectivity index (χ1n) is 10.5. The summed E-state index contributed by atoms with van der Waals surface area (Å²) in [5.41, 5.74) is 2.29. The van der Waals surface area contributed by atoms with Gasteiger partial charge in [0.05, 0.1) is 12.3 Å². The molecule has 2 rings (SSSR count). The Hall–Kier alpha value is -1.56. The van der Waals surface area contributed by atoms with Crippen LogP contribution in [0.25, 0.3) is 0 Å². The van der Waals surface area contributed by atoms with Gasteiger partial charge in [-0.15, -0.1) is 0 Å². The molecule has 1 aromatic carbocycles. The molecule has 0 amide bonds. The monoisotopic (exact) mass is 407 g/mol. The van der Waals surface area contributed by atoms with Crippen LogP contribution in [0, 0.1) is 11.3 Å². The van der Waals surface area contributed by atoms with E-state index in [1.54, 1.807) is 0 Å². The van der Waals surface area contributed by atoms with Crippen molar-refractivity contribution in [3.05, 3.63) is 35.4 Å². The molecule has 0 bridgehead atoms. The maximum Gasteiger partial charge on any atom is 0.191 e. The summed E-state index contributed by atoms with van der Waals surface area (Å²) in [6, 6.07) is 7.68. The van der Waals surface area contributed by atoms with Gasteiger partial charge in [-0.3, -0.25) is 0 Å². The predicted octanol–water partition coefficient (Wildman–Crippen LogP) is 3.89. The van der Waals surface area contributed by atoms with Crippen LogP contribution in [0.2, 0.25) is 0 Å². The molecule has 2 N–H and O–H groups in total. The molecule has 1 fully saturated rings. The van der Waals surface area contributed by atoms with Gasteiger partial charge in [0.1, 0.15) is 0 Å². The third-order valence-electron chi connectivity index (χ3n) is 5.35. The van der Waals surface area contributed by atoms with E-state index in [0.29, 0.717) is 17.9 Å². The van der Waals surface area contributed by atoms with E-state index in [9.17, 15) is 8.42 Å². The van der Waals surface area contributed by atoms with Gasteiger partial charge < -0.3 is 10.6 Å². The number of guanidine groups is 1. The molecule has 0 saturated heterocycles. The quantitative estimate of drug-likeness (QED) is 0.481. The molecule has 1 aliphatic carbocycles. The minimum Gasteiger partial charge on any atom is -0.357 e.